The number of hydrogen-bond donors (Lipinski definition) is 1. The third-order valence-corrected chi connectivity index (χ3v) is 5.16. The number of rotatable bonds is 11. The van der Waals surface area contributed by atoms with Crippen molar-refractivity contribution in [2.24, 2.45) is 0 Å². The van der Waals surface area contributed by atoms with Crippen LogP contribution in [0.4, 0.5) is 5.69 Å². The summed E-state index contributed by atoms with van der Waals surface area (Å²) in [5.74, 6) is -0.391. The SMILES string of the molecule is CCCNC(=O)C(C)N(Cc1cccc(Br)c1)C(=O)COc1ccc([N+](=O)[O-])c(OC)c1. The van der Waals surface area contributed by atoms with Crippen molar-refractivity contribution in [1.82, 2.24) is 10.2 Å². The zero-order valence-electron chi connectivity index (χ0n) is 18.2. The molecule has 0 spiro atoms. The molecule has 0 aromatic heterocycles. The number of nitro groups is 1. The third-order valence-electron chi connectivity index (χ3n) is 4.67. The van der Waals surface area contributed by atoms with E-state index in [0.29, 0.717) is 6.54 Å². The molecule has 0 aliphatic heterocycles. The molecule has 1 N–H and O–H groups in total. The van der Waals surface area contributed by atoms with Gasteiger partial charge in [-0.15, -0.1) is 0 Å². The van der Waals surface area contributed by atoms with Crippen LogP contribution in [0.25, 0.3) is 0 Å². The van der Waals surface area contributed by atoms with E-state index in [9.17, 15) is 19.7 Å². The number of hydrogen-bond acceptors (Lipinski definition) is 6. The van der Waals surface area contributed by atoms with Gasteiger partial charge >= 0.3 is 5.69 Å². The Kier molecular flexibility index (Phi) is 9.45. The van der Waals surface area contributed by atoms with Gasteiger partial charge in [-0.1, -0.05) is 35.0 Å². The number of amides is 2. The topological polar surface area (TPSA) is 111 Å². The second kappa shape index (κ2) is 12.0. The van der Waals surface area contributed by atoms with Gasteiger partial charge in [0, 0.05) is 29.7 Å². The number of carbonyl (C=O) groups is 2. The molecule has 0 radical (unpaired) electrons. The number of nitrogens with zero attached hydrogens (tertiary/aromatic N) is 2. The molecule has 2 rings (SSSR count). The first-order valence-corrected chi connectivity index (χ1v) is 10.8. The minimum atomic E-state index is -0.719. The van der Waals surface area contributed by atoms with Gasteiger partial charge in [0.1, 0.15) is 11.8 Å². The van der Waals surface area contributed by atoms with Crippen LogP contribution < -0.4 is 14.8 Å². The summed E-state index contributed by atoms with van der Waals surface area (Å²) in [4.78, 5) is 37.5. The van der Waals surface area contributed by atoms with Crippen molar-refractivity contribution in [2.75, 3.05) is 20.3 Å². The van der Waals surface area contributed by atoms with Crippen molar-refractivity contribution >= 4 is 33.4 Å². The van der Waals surface area contributed by atoms with Crippen LogP contribution in [0.2, 0.25) is 0 Å². The Bertz CT molecular complexity index is 968. The normalized spacial score (nSPS) is 11.4. The van der Waals surface area contributed by atoms with Crippen LogP contribution in [-0.4, -0.2) is 47.9 Å². The Hall–Kier alpha value is -3.14. The molecule has 9 nitrogen and oxygen atoms in total. The van der Waals surface area contributed by atoms with E-state index in [-0.39, 0.29) is 36.2 Å². The van der Waals surface area contributed by atoms with Crippen molar-refractivity contribution in [3.8, 4) is 11.5 Å². The summed E-state index contributed by atoms with van der Waals surface area (Å²) in [6.07, 6.45) is 0.781. The number of benzene rings is 2. The Balaban J connectivity index is 2.18. The maximum Gasteiger partial charge on any atom is 0.311 e. The van der Waals surface area contributed by atoms with Gasteiger partial charge in [-0.25, -0.2) is 0 Å². The average Bonchev–Trinajstić information content (AvgIpc) is 2.78. The van der Waals surface area contributed by atoms with Crippen molar-refractivity contribution in [3.05, 3.63) is 62.6 Å². The van der Waals surface area contributed by atoms with Gasteiger partial charge in [0.25, 0.3) is 5.91 Å². The zero-order chi connectivity index (χ0) is 23.7. The second-order valence-corrected chi connectivity index (χ2v) is 7.91. The first-order chi connectivity index (χ1) is 15.3. The van der Waals surface area contributed by atoms with Crippen LogP contribution in [-0.2, 0) is 16.1 Å². The first-order valence-electron chi connectivity index (χ1n) is 10.0. The maximum absolute atomic E-state index is 13.0. The van der Waals surface area contributed by atoms with Gasteiger partial charge < -0.3 is 19.7 Å². The van der Waals surface area contributed by atoms with Crippen LogP contribution in [0.3, 0.4) is 0 Å². The summed E-state index contributed by atoms with van der Waals surface area (Å²) in [5, 5.41) is 13.8. The fraction of sp³-hybridized carbons (Fsp3) is 0.364. The highest BCUT2D eigenvalue weighted by Gasteiger charge is 2.26. The van der Waals surface area contributed by atoms with E-state index < -0.39 is 16.9 Å². The molecule has 10 heteroatoms. The summed E-state index contributed by atoms with van der Waals surface area (Å²) in [5.41, 5.74) is 0.642. The Morgan fingerprint density at radius 2 is 2.00 bits per heavy atom. The maximum atomic E-state index is 13.0. The van der Waals surface area contributed by atoms with Crippen LogP contribution in [0.15, 0.2) is 46.9 Å². The fourth-order valence-corrected chi connectivity index (χ4v) is 3.38. The monoisotopic (exact) mass is 507 g/mol. The van der Waals surface area contributed by atoms with E-state index in [1.165, 1.54) is 30.2 Å². The highest BCUT2D eigenvalue weighted by Crippen LogP contribution is 2.30. The third kappa shape index (κ3) is 6.94. The van der Waals surface area contributed by atoms with Crippen LogP contribution >= 0.6 is 15.9 Å². The highest BCUT2D eigenvalue weighted by atomic mass is 79.9. The van der Waals surface area contributed by atoms with Gasteiger partial charge in [-0.05, 0) is 37.1 Å². The minimum absolute atomic E-state index is 0.0262. The van der Waals surface area contributed by atoms with Crippen molar-refractivity contribution in [1.29, 1.82) is 0 Å². The molecule has 0 fully saturated rings. The summed E-state index contributed by atoms with van der Waals surface area (Å²) < 4.78 is 11.4. The lowest BCUT2D eigenvalue weighted by Crippen LogP contribution is -2.49. The van der Waals surface area contributed by atoms with Crippen molar-refractivity contribution in [2.45, 2.75) is 32.9 Å². The molecule has 1 atom stereocenters. The standard InChI is InChI=1S/C22H26BrN3O6/c1-4-10-24-22(28)15(2)25(13-16-6-5-7-17(23)11-16)21(27)14-32-18-8-9-19(26(29)30)20(12-18)31-3/h5-9,11-12,15H,4,10,13-14H2,1-3H3,(H,24,28). The van der Waals surface area contributed by atoms with E-state index in [2.05, 4.69) is 21.2 Å². The summed E-state index contributed by atoms with van der Waals surface area (Å²) in [6, 6.07) is 10.7. The fourth-order valence-electron chi connectivity index (χ4n) is 2.94. The summed E-state index contributed by atoms with van der Waals surface area (Å²) in [6.45, 7) is 3.99. The van der Waals surface area contributed by atoms with E-state index in [4.69, 9.17) is 9.47 Å². The summed E-state index contributed by atoms with van der Waals surface area (Å²) >= 11 is 3.41. The molecule has 0 heterocycles. The minimum Gasteiger partial charge on any atom is -0.490 e. The van der Waals surface area contributed by atoms with Gasteiger partial charge in [0.05, 0.1) is 12.0 Å². The van der Waals surface area contributed by atoms with E-state index in [0.717, 1.165) is 16.5 Å². The van der Waals surface area contributed by atoms with Gasteiger partial charge in [0.2, 0.25) is 11.7 Å². The number of nitrogens with one attached hydrogen (secondary N) is 1. The lowest BCUT2D eigenvalue weighted by molar-refractivity contribution is -0.385. The van der Waals surface area contributed by atoms with Gasteiger partial charge in [-0.2, -0.15) is 0 Å². The molecule has 0 saturated carbocycles. The smallest absolute Gasteiger partial charge is 0.311 e. The van der Waals surface area contributed by atoms with Crippen LogP contribution in [0, 0.1) is 10.1 Å². The zero-order valence-corrected chi connectivity index (χ0v) is 19.8. The number of carbonyl (C=O) groups excluding carboxylic acids is 2. The molecular weight excluding hydrogens is 482 g/mol. The van der Waals surface area contributed by atoms with Crippen LogP contribution in [0.5, 0.6) is 11.5 Å². The van der Waals surface area contributed by atoms with E-state index >= 15 is 0 Å². The average molecular weight is 508 g/mol. The lowest BCUT2D eigenvalue weighted by atomic mass is 10.1. The van der Waals surface area contributed by atoms with Crippen molar-refractivity contribution < 1.29 is 24.0 Å². The molecule has 32 heavy (non-hydrogen) atoms. The summed E-state index contributed by atoms with van der Waals surface area (Å²) in [7, 11) is 1.31. The molecule has 0 aliphatic carbocycles. The molecule has 1 unspecified atom stereocenters. The number of methoxy groups -OCH3 is 1. The second-order valence-electron chi connectivity index (χ2n) is 7.00. The first kappa shape index (κ1) is 25.1. The van der Waals surface area contributed by atoms with E-state index in [1.54, 1.807) is 6.92 Å². The molecule has 0 aliphatic rings. The Morgan fingerprint density at radius 1 is 1.25 bits per heavy atom. The largest absolute Gasteiger partial charge is 0.490 e. The van der Waals surface area contributed by atoms with Crippen molar-refractivity contribution in [3.63, 3.8) is 0 Å². The quantitative estimate of drug-likeness (QED) is 0.366. The predicted molar refractivity (Wildman–Crippen MR) is 123 cm³/mol. The molecule has 0 saturated heterocycles. The molecule has 2 aromatic carbocycles. The lowest BCUT2D eigenvalue weighted by Gasteiger charge is -2.28. The van der Waals surface area contributed by atoms with E-state index in [1.807, 2.05) is 31.2 Å². The molecule has 0 bridgehead atoms. The molecule has 2 amide bonds. The van der Waals surface area contributed by atoms with Crippen LogP contribution in [0.1, 0.15) is 25.8 Å². The Labute approximate surface area is 195 Å². The molecule has 172 valence electrons. The van der Waals surface area contributed by atoms with Gasteiger partial charge in [0.15, 0.2) is 6.61 Å². The number of ether oxygens (including phenoxy) is 2. The highest BCUT2D eigenvalue weighted by molar-refractivity contribution is 9.10. The van der Waals surface area contributed by atoms with Gasteiger partial charge in [-0.3, -0.25) is 19.7 Å². The predicted octanol–water partition coefficient (Wildman–Crippen LogP) is 3.69. The molecular formula is C22H26BrN3O6. The molecule has 2 aromatic rings. The number of nitro benzene ring substituents is 1. The Morgan fingerprint density at radius 3 is 2.62 bits per heavy atom. The number of halogens is 1.